The van der Waals surface area contributed by atoms with E-state index in [0.29, 0.717) is 5.54 Å². The fraction of sp³-hybridized carbons (Fsp3) is 0.875. The maximum atomic E-state index is 8.77. The summed E-state index contributed by atoms with van der Waals surface area (Å²) in [6.45, 7) is 8.89. The molecule has 0 aromatic carbocycles. The van der Waals surface area contributed by atoms with E-state index in [-0.39, 0.29) is 5.92 Å². The minimum atomic E-state index is -1.12. The molecule has 0 aromatic heterocycles. The Morgan fingerprint density at radius 2 is 2.00 bits per heavy atom. The SMILES string of the molecule is CCC(C(C)C#N)[Si](C)(C)I. The Balaban J connectivity index is 4.31. The summed E-state index contributed by atoms with van der Waals surface area (Å²) in [7, 11) is 0. The average Bonchev–Trinajstić information content (AvgIpc) is 1.86. The maximum Gasteiger partial charge on any atom is 0.123 e. The number of hydrogen-bond donors (Lipinski definition) is 0. The number of nitriles is 1. The zero-order chi connectivity index (χ0) is 9.07. The third kappa shape index (κ3) is 3.56. The lowest BCUT2D eigenvalue weighted by atomic mass is 10.1. The molecule has 0 saturated heterocycles. The van der Waals surface area contributed by atoms with Crippen molar-refractivity contribution in [3.8, 4) is 6.07 Å². The second-order valence-corrected chi connectivity index (χ2v) is 15.7. The van der Waals surface area contributed by atoms with Crippen molar-refractivity contribution in [3.05, 3.63) is 0 Å². The van der Waals surface area contributed by atoms with E-state index in [2.05, 4.69) is 47.9 Å². The molecule has 0 aliphatic carbocycles. The molecule has 2 unspecified atom stereocenters. The van der Waals surface area contributed by atoms with Crippen LogP contribution in [0.2, 0.25) is 18.6 Å². The summed E-state index contributed by atoms with van der Waals surface area (Å²) >= 11 is 2.57. The molecule has 0 aromatic rings. The van der Waals surface area contributed by atoms with Gasteiger partial charge in [-0.3, -0.25) is 0 Å². The van der Waals surface area contributed by atoms with E-state index in [1.807, 2.05) is 6.92 Å². The molecular formula is C8H16INSi. The second kappa shape index (κ2) is 4.46. The molecule has 1 nitrogen and oxygen atoms in total. The van der Waals surface area contributed by atoms with Gasteiger partial charge in [0, 0.05) is 5.92 Å². The lowest BCUT2D eigenvalue weighted by molar-refractivity contribution is 0.630. The highest BCUT2D eigenvalue weighted by molar-refractivity contribution is 14.1. The largest absolute Gasteiger partial charge is 0.198 e. The Labute approximate surface area is 83.4 Å². The summed E-state index contributed by atoms with van der Waals surface area (Å²) in [5.41, 5.74) is -0.477. The van der Waals surface area contributed by atoms with Gasteiger partial charge in [-0.1, -0.05) is 26.4 Å². The Hall–Kier alpha value is 0.437. The molecule has 0 amide bonds. The van der Waals surface area contributed by atoms with Crippen molar-refractivity contribution in [2.45, 2.75) is 38.9 Å². The first-order valence-corrected chi connectivity index (χ1v) is 10.2. The molecule has 11 heavy (non-hydrogen) atoms. The normalized spacial score (nSPS) is 17.1. The smallest absolute Gasteiger partial charge is 0.123 e. The fourth-order valence-electron chi connectivity index (χ4n) is 1.52. The first-order valence-electron chi connectivity index (χ1n) is 4.02. The summed E-state index contributed by atoms with van der Waals surface area (Å²) in [6.07, 6.45) is 1.15. The van der Waals surface area contributed by atoms with Crippen LogP contribution in [0.25, 0.3) is 0 Å². The van der Waals surface area contributed by atoms with E-state index >= 15 is 0 Å². The van der Waals surface area contributed by atoms with E-state index in [1.165, 1.54) is 0 Å². The van der Waals surface area contributed by atoms with E-state index in [1.54, 1.807) is 0 Å². The molecule has 0 heterocycles. The van der Waals surface area contributed by atoms with Crippen molar-refractivity contribution < 1.29 is 0 Å². The molecule has 0 fully saturated rings. The minimum absolute atomic E-state index is 0.235. The van der Waals surface area contributed by atoms with E-state index < -0.39 is 5.57 Å². The predicted octanol–water partition coefficient (Wildman–Crippen LogP) is 3.57. The van der Waals surface area contributed by atoms with Gasteiger partial charge in [0.2, 0.25) is 0 Å². The van der Waals surface area contributed by atoms with E-state index in [4.69, 9.17) is 5.26 Å². The molecule has 0 saturated carbocycles. The molecule has 3 heteroatoms. The molecule has 2 atom stereocenters. The quantitative estimate of drug-likeness (QED) is 0.441. The Bertz CT molecular complexity index is 156. The molecule has 0 spiro atoms. The lowest BCUT2D eigenvalue weighted by Crippen LogP contribution is -2.28. The monoisotopic (exact) mass is 281 g/mol. The van der Waals surface area contributed by atoms with Gasteiger partial charge in [0.1, 0.15) is 5.57 Å². The van der Waals surface area contributed by atoms with Gasteiger partial charge in [-0.25, -0.2) is 0 Å². The summed E-state index contributed by atoms with van der Waals surface area (Å²) in [6, 6.07) is 2.35. The molecule has 64 valence electrons. The zero-order valence-electron chi connectivity index (χ0n) is 7.69. The van der Waals surface area contributed by atoms with Gasteiger partial charge in [-0.2, -0.15) is 5.26 Å². The topological polar surface area (TPSA) is 23.8 Å². The van der Waals surface area contributed by atoms with Crippen LogP contribution in [0.1, 0.15) is 20.3 Å². The van der Waals surface area contributed by atoms with Gasteiger partial charge in [-0.15, -0.1) is 21.8 Å². The number of hydrogen-bond acceptors (Lipinski definition) is 1. The van der Waals surface area contributed by atoms with Gasteiger partial charge >= 0.3 is 0 Å². The summed E-state index contributed by atoms with van der Waals surface area (Å²) in [4.78, 5) is 0. The van der Waals surface area contributed by atoms with Gasteiger partial charge in [0.05, 0.1) is 6.07 Å². The van der Waals surface area contributed by atoms with Crippen molar-refractivity contribution in [1.82, 2.24) is 0 Å². The van der Waals surface area contributed by atoms with Gasteiger partial charge in [0.15, 0.2) is 0 Å². The summed E-state index contributed by atoms with van der Waals surface area (Å²) < 4.78 is 0. The lowest BCUT2D eigenvalue weighted by Gasteiger charge is -2.27. The Kier molecular flexibility index (Phi) is 4.64. The standard InChI is InChI=1S/C8H16INSi/c1-5-8(7(2)6-10)11(3,4)9/h7-8H,5H2,1-4H3. The van der Waals surface area contributed by atoms with Crippen LogP contribution >= 0.6 is 21.8 Å². The molecule has 0 bridgehead atoms. The third-order valence-electron chi connectivity index (χ3n) is 2.13. The zero-order valence-corrected chi connectivity index (χ0v) is 10.8. The first kappa shape index (κ1) is 11.4. The minimum Gasteiger partial charge on any atom is -0.198 e. The summed E-state index contributed by atoms with van der Waals surface area (Å²) in [5, 5.41) is 8.77. The van der Waals surface area contributed by atoms with Crippen molar-refractivity contribution in [1.29, 1.82) is 5.26 Å². The molecule has 0 N–H and O–H groups in total. The number of halogens is 1. The van der Waals surface area contributed by atoms with Gasteiger partial charge < -0.3 is 0 Å². The van der Waals surface area contributed by atoms with Crippen molar-refractivity contribution in [2.24, 2.45) is 5.92 Å². The van der Waals surface area contributed by atoms with Crippen LogP contribution in [0.4, 0.5) is 0 Å². The van der Waals surface area contributed by atoms with Gasteiger partial charge in [0.25, 0.3) is 0 Å². The van der Waals surface area contributed by atoms with Crippen LogP contribution in [-0.4, -0.2) is 5.57 Å². The maximum absolute atomic E-state index is 8.77. The van der Waals surface area contributed by atoms with Crippen LogP contribution in [-0.2, 0) is 0 Å². The second-order valence-electron chi connectivity index (χ2n) is 3.50. The van der Waals surface area contributed by atoms with Crippen molar-refractivity contribution in [2.75, 3.05) is 0 Å². The molecule has 0 radical (unpaired) electrons. The molecular weight excluding hydrogens is 265 g/mol. The highest BCUT2D eigenvalue weighted by atomic mass is 127. The molecule has 0 aliphatic heterocycles. The Morgan fingerprint density at radius 3 is 2.09 bits per heavy atom. The Morgan fingerprint density at radius 1 is 1.55 bits per heavy atom. The highest BCUT2D eigenvalue weighted by Gasteiger charge is 2.31. The number of nitrogens with zero attached hydrogens (tertiary/aromatic N) is 1. The van der Waals surface area contributed by atoms with Crippen LogP contribution in [0.5, 0.6) is 0 Å². The van der Waals surface area contributed by atoms with Gasteiger partial charge in [-0.05, 0) is 12.5 Å². The number of rotatable bonds is 3. The average molecular weight is 281 g/mol. The van der Waals surface area contributed by atoms with E-state index in [9.17, 15) is 0 Å². The fourth-order valence-corrected chi connectivity index (χ4v) is 6.70. The summed E-state index contributed by atoms with van der Waals surface area (Å²) in [5.74, 6) is 0.235. The predicted molar refractivity (Wildman–Crippen MR) is 60.3 cm³/mol. The molecule has 0 aliphatic rings. The van der Waals surface area contributed by atoms with E-state index in [0.717, 1.165) is 6.42 Å². The van der Waals surface area contributed by atoms with Crippen LogP contribution in [0.15, 0.2) is 0 Å². The van der Waals surface area contributed by atoms with Crippen molar-refractivity contribution in [3.63, 3.8) is 0 Å². The van der Waals surface area contributed by atoms with Crippen LogP contribution in [0, 0.1) is 17.2 Å². The van der Waals surface area contributed by atoms with Crippen LogP contribution in [0.3, 0.4) is 0 Å². The first-order chi connectivity index (χ1) is 4.93. The highest BCUT2D eigenvalue weighted by Crippen LogP contribution is 2.36. The third-order valence-corrected chi connectivity index (χ3v) is 7.20. The molecule has 0 rings (SSSR count). The van der Waals surface area contributed by atoms with Crippen molar-refractivity contribution >= 4 is 27.4 Å². The van der Waals surface area contributed by atoms with Crippen LogP contribution < -0.4 is 0 Å².